The largest absolute Gasteiger partial charge is 0.480 e. The van der Waals surface area contributed by atoms with Gasteiger partial charge in [0.1, 0.15) is 12.1 Å². The van der Waals surface area contributed by atoms with E-state index in [4.69, 9.17) is 10.5 Å². The number of carboxylic acids is 1. The van der Waals surface area contributed by atoms with Crippen LogP contribution in [-0.2, 0) is 19.1 Å². The highest BCUT2D eigenvalue weighted by Gasteiger charge is 2.19. The maximum absolute atomic E-state index is 12.6. The zero-order valence-electron chi connectivity index (χ0n) is 28.1. The highest BCUT2D eigenvalue weighted by molar-refractivity contribution is 5.83. The first-order chi connectivity index (χ1) is 20.9. The van der Waals surface area contributed by atoms with Crippen LogP contribution >= 0.6 is 0 Å². The Balaban J connectivity index is 4.20. The van der Waals surface area contributed by atoms with Crippen LogP contribution < -0.4 is 11.1 Å². The Hall–Kier alpha value is -1.89. The van der Waals surface area contributed by atoms with E-state index < -0.39 is 12.0 Å². The number of aliphatic carboxylic acids is 1. The van der Waals surface area contributed by atoms with E-state index in [1.807, 2.05) is 0 Å². The topological polar surface area (TPSA) is 119 Å². The summed E-state index contributed by atoms with van der Waals surface area (Å²) < 4.78 is 5.96. The Morgan fingerprint density at radius 3 is 1.74 bits per heavy atom. The summed E-state index contributed by atoms with van der Waals surface area (Å²) in [5.41, 5.74) is 5.46. The average molecular weight is 609 g/mol. The van der Waals surface area contributed by atoms with E-state index in [9.17, 15) is 19.5 Å². The first kappa shape index (κ1) is 41.1. The molecule has 0 aliphatic carbocycles. The van der Waals surface area contributed by atoms with Crippen LogP contribution in [-0.4, -0.2) is 41.6 Å². The molecule has 0 saturated heterocycles. The number of rotatable bonds is 32. The van der Waals surface area contributed by atoms with Crippen LogP contribution in [0, 0.1) is 0 Å². The lowest BCUT2D eigenvalue weighted by atomic mass is 10.0. The number of hydrogen-bond donors (Lipinski definition) is 3. The zero-order valence-corrected chi connectivity index (χ0v) is 28.1. The number of esters is 1. The minimum Gasteiger partial charge on any atom is -0.480 e. The molecule has 4 N–H and O–H groups in total. The van der Waals surface area contributed by atoms with Gasteiger partial charge in [0.05, 0.1) is 0 Å². The summed E-state index contributed by atoms with van der Waals surface area (Å²) in [6, 6.07) is -0.852. The summed E-state index contributed by atoms with van der Waals surface area (Å²) in [6.07, 6.45) is 31.1. The van der Waals surface area contributed by atoms with E-state index in [2.05, 4.69) is 31.3 Å². The van der Waals surface area contributed by atoms with E-state index in [1.54, 1.807) is 0 Å². The fraction of sp³-hybridized carbons (Fsp3) is 0.861. The van der Waals surface area contributed by atoms with Crippen molar-refractivity contribution in [3.8, 4) is 0 Å². The van der Waals surface area contributed by atoms with Crippen LogP contribution in [0.1, 0.15) is 181 Å². The van der Waals surface area contributed by atoms with E-state index in [1.165, 1.54) is 77.0 Å². The molecule has 0 spiro atoms. The minimum atomic E-state index is -1.00. The van der Waals surface area contributed by atoms with Crippen molar-refractivity contribution in [2.24, 2.45) is 5.73 Å². The standard InChI is InChI=1S/C36H68N2O5/c1-3-5-7-9-11-12-13-14-15-20-24-30-35(40)43-32(26-21-17-10-8-6-4-2)27-22-18-16-19-23-29-34(39)38-33(36(41)42)28-25-31-37/h9,11,32-33H,3-8,10,12-31,37H2,1-2H3,(H,38,39)(H,41,42)/b11-9-. The molecule has 0 rings (SSSR count). The Labute approximate surface area is 264 Å². The van der Waals surface area contributed by atoms with Gasteiger partial charge in [0.25, 0.3) is 0 Å². The van der Waals surface area contributed by atoms with E-state index in [0.717, 1.165) is 64.2 Å². The van der Waals surface area contributed by atoms with Crippen LogP contribution in [0.5, 0.6) is 0 Å². The van der Waals surface area contributed by atoms with Gasteiger partial charge in [0.2, 0.25) is 5.91 Å². The van der Waals surface area contributed by atoms with E-state index in [0.29, 0.717) is 32.2 Å². The molecular formula is C36H68N2O5. The van der Waals surface area contributed by atoms with Crippen molar-refractivity contribution in [1.29, 1.82) is 0 Å². The molecule has 2 atom stereocenters. The number of ether oxygens (including phenoxy) is 1. The maximum atomic E-state index is 12.6. The highest BCUT2D eigenvalue weighted by Crippen LogP contribution is 2.18. The monoisotopic (exact) mass is 609 g/mol. The molecule has 0 aliphatic heterocycles. The third kappa shape index (κ3) is 28.6. The second kappa shape index (κ2) is 31.5. The molecule has 7 heteroatoms. The molecule has 0 saturated carbocycles. The Kier molecular flexibility index (Phi) is 30.1. The minimum absolute atomic E-state index is 0.0189. The van der Waals surface area contributed by atoms with Crippen LogP contribution in [0.2, 0.25) is 0 Å². The Morgan fingerprint density at radius 1 is 0.651 bits per heavy atom. The molecule has 0 aromatic heterocycles. The molecule has 0 heterocycles. The molecule has 1 amide bonds. The predicted octanol–water partition coefficient (Wildman–Crippen LogP) is 9.16. The lowest BCUT2D eigenvalue weighted by Gasteiger charge is -2.18. The predicted molar refractivity (Wildman–Crippen MR) is 179 cm³/mol. The molecule has 0 fully saturated rings. The Morgan fingerprint density at radius 2 is 1.16 bits per heavy atom. The van der Waals surface area contributed by atoms with Crippen molar-refractivity contribution in [2.75, 3.05) is 6.54 Å². The lowest BCUT2D eigenvalue weighted by Crippen LogP contribution is -2.40. The highest BCUT2D eigenvalue weighted by atomic mass is 16.5. The molecule has 0 aliphatic rings. The third-order valence-electron chi connectivity index (χ3n) is 8.08. The number of unbranched alkanes of at least 4 members (excludes halogenated alkanes) is 16. The fourth-order valence-corrected chi connectivity index (χ4v) is 5.31. The van der Waals surface area contributed by atoms with Gasteiger partial charge in [-0.3, -0.25) is 9.59 Å². The zero-order chi connectivity index (χ0) is 31.8. The summed E-state index contributed by atoms with van der Waals surface area (Å²) in [6.45, 7) is 4.87. The second-order valence-electron chi connectivity index (χ2n) is 12.3. The number of nitrogens with one attached hydrogen (secondary N) is 1. The number of carbonyl (C=O) groups excluding carboxylic acids is 2. The third-order valence-corrected chi connectivity index (χ3v) is 8.08. The molecule has 0 aromatic rings. The van der Waals surface area contributed by atoms with Gasteiger partial charge >= 0.3 is 11.9 Å². The summed E-state index contributed by atoms with van der Waals surface area (Å²) in [4.78, 5) is 36.0. The van der Waals surface area contributed by atoms with Gasteiger partial charge in [-0.05, 0) is 77.2 Å². The first-order valence-electron chi connectivity index (χ1n) is 18.0. The van der Waals surface area contributed by atoms with Crippen LogP contribution in [0.3, 0.4) is 0 Å². The number of nitrogens with two attached hydrogens (primary N) is 1. The quantitative estimate of drug-likeness (QED) is 0.0398. The van der Waals surface area contributed by atoms with Crippen molar-refractivity contribution < 1.29 is 24.2 Å². The summed E-state index contributed by atoms with van der Waals surface area (Å²) in [7, 11) is 0. The molecule has 7 nitrogen and oxygen atoms in total. The van der Waals surface area contributed by atoms with Crippen LogP contribution in [0.4, 0.5) is 0 Å². The fourth-order valence-electron chi connectivity index (χ4n) is 5.31. The summed E-state index contributed by atoms with van der Waals surface area (Å²) >= 11 is 0. The number of hydrogen-bond acceptors (Lipinski definition) is 5. The normalized spacial score (nSPS) is 12.8. The first-order valence-corrected chi connectivity index (χ1v) is 18.0. The van der Waals surface area contributed by atoms with Gasteiger partial charge in [-0.1, -0.05) is 109 Å². The molecule has 2 unspecified atom stereocenters. The molecule has 0 radical (unpaired) electrons. The van der Waals surface area contributed by atoms with Crippen molar-refractivity contribution in [1.82, 2.24) is 5.32 Å². The van der Waals surface area contributed by atoms with E-state index >= 15 is 0 Å². The van der Waals surface area contributed by atoms with Gasteiger partial charge in [-0.15, -0.1) is 0 Å². The van der Waals surface area contributed by atoms with Crippen LogP contribution in [0.25, 0.3) is 0 Å². The van der Waals surface area contributed by atoms with Crippen molar-refractivity contribution in [3.63, 3.8) is 0 Å². The molecule has 252 valence electrons. The van der Waals surface area contributed by atoms with Gasteiger partial charge in [-0.2, -0.15) is 0 Å². The molecule has 0 aromatic carbocycles. The number of carbonyl (C=O) groups is 3. The second-order valence-corrected chi connectivity index (χ2v) is 12.3. The van der Waals surface area contributed by atoms with Crippen molar-refractivity contribution in [2.45, 2.75) is 193 Å². The lowest BCUT2D eigenvalue weighted by molar-refractivity contribution is -0.150. The molecule has 43 heavy (non-hydrogen) atoms. The molecular weight excluding hydrogens is 540 g/mol. The summed E-state index contributed by atoms with van der Waals surface area (Å²) in [5, 5.41) is 11.9. The molecule has 0 bridgehead atoms. The number of carboxylic acid groups (broad SMARTS) is 1. The average Bonchev–Trinajstić information content (AvgIpc) is 2.98. The van der Waals surface area contributed by atoms with Gasteiger partial charge in [0, 0.05) is 12.8 Å². The van der Waals surface area contributed by atoms with Gasteiger partial charge < -0.3 is 20.9 Å². The number of allylic oxidation sites excluding steroid dienone is 2. The SMILES string of the molecule is CCCC/C=C\CCCCCCCC(=O)OC(CCCCCCCC)CCCCCCCC(=O)NC(CCCN)C(=O)O. The number of amides is 1. The van der Waals surface area contributed by atoms with Gasteiger partial charge in [-0.25, -0.2) is 4.79 Å². The van der Waals surface area contributed by atoms with Crippen LogP contribution in [0.15, 0.2) is 12.2 Å². The van der Waals surface area contributed by atoms with E-state index in [-0.39, 0.29) is 18.0 Å². The Bertz CT molecular complexity index is 697. The summed E-state index contributed by atoms with van der Waals surface area (Å²) in [5.74, 6) is -1.24. The smallest absolute Gasteiger partial charge is 0.326 e. The van der Waals surface area contributed by atoms with Crippen molar-refractivity contribution in [3.05, 3.63) is 12.2 Å². The van der Waals surface area contributed by atoms with Gasteiger partial charge in [0.15, 0.2) is 0 Å². The maximum Gasteiger partial charge on any atom is 0.326 e. The van der Waals surface area contributed by atoms with Crippen molar-refractivity contribution >= 4 is 17.8 Å².